The number of H-pyrrole nitrogens is 1. The summed E-state index contributed by atoms with van der Waals surface area (Å²) in [5.41, 5.74) is 2.08. The molecule has 0 bridgehead atoms. The van der Waals surface area contributed by atoms with Gasteiger partial charge in [0.1, 0.15) is 5.82 Å². The largest absolute Gasteiger partial charge is 0.469 e. The van der Waals surface area contributed by atoms with Crippen molar-refractivity contribution in [3.05, 3.63) is 42.4 Å². The van der Waals surface area contributed by atoms with E-state index in [1.165, 1.54) is 7.11 Å². The minimum absolute atomic E-state index is 0.262. The third-order valence-corrected chi connectivity index (χ3v) is 3.60. The SMILES string of the molecule is CCNC(=NCCC(=O)OC)N(C)Cc1ncc(-c2ccccc2)[nH]1. The first-order valence-corrected chi connectivity index (χ1v) is 8.29. The molecule has 0 aliphatic rings. The molecular weight excluding hydrogens is 318 g/mol. The van der Waals surface area contributed by atoms with Gasteiger partial charge >= 0.3 is 5.97 Å². The highest BCUT2D eigenvalue weighted by Gasteiger charge is 2.10. The molecule has 1 aromatic heterocycles. The van der Waals surface area contributed by atoms with Crippen LogP contribution in [0.25, 0.3) is 11.3 Å². The lowest BCUT2D eigenvalue weighted by Crippen LogP contribution is -2.38. The number of rotatable bonds is 7. The molecule has 2 rings (SSSR count). The molecule has 25 heavy (non-hydrogen) atoms. The number of aromatic nitrogens is 2. The van der Waals surface area contributed by atoms with E-state index in [-0.39, 0.29) is 12.4 Å². The molecule has 7 nitrogen and oxygen atoms in total. The van der Waals surface area contributed by atoms with Crippen molar-refractivity contribution in [3.63, 3.8) is 0 Å². The molecule has 0 atom stereocenters. The highest BCUT2D eigenvalue weighted by molar-refractivity contribution is 5.80. The highest BCUT2D eigenvalue weighted by atomic mass is 16.5. The topological polar surface area (TPSA) is 82.6 Å². The van der Waals surface area contributed by atoms with E-state index < -0.39 is 0 Å². The lowest BCUT2D eigenvalue weighted by molar-refractivity contribution is -0.140. The van der Waals surface area contributed by atoms with Crippen molar-refractivity contribution < 1.29 is 9.53 Å². The summed E-state index contributed by atoms with van der Waals surface area (Å²) in [6.07, 6.45) is 2.10. The number of benzene rings is 1. The van der Waals surface area contributed by atoms with Crippen molar-refractivity contribution in [1.82, 2.24) is 20.2 Å². The second-order valence-electron chi connectivity index (χ2n) is 5.53. The number of methoxy groups -OCH3 is 1. The van der Waals surface area contributed by atoms with Crippen molar-refractivity contribution in [3.8, 4) is 11.3 Å². The van der Waals surface area contributed by atoms with Crippen LogP contribution in [-0.2, 0) is 16.1 Å². The van der Waals surface area contributed by atoms with Gasteiger partial charge in [-0.3, -0.25) is 9.79 Å². The standard InChI is InChI=1S/C18H25N5O2/c1-4-19-18(20-11-10-17(24)25-3)23(2)13-16-21-12-15(22-16)14-8-6-5-7-9-14/h5-9,12H,4,10-11,13H2,1-3H3,(H,19,20)(H,21,22). The number of aliphatic imine (C=N–C) groups is 1. The molecule has 0 aliphatic heterocycles. The van der Waals surface area contributed by atoms with E-state index in [4.69, 9.17) is 0 Å². The van der Waals surface area contributed by atoms with Gasteiger partial charge in [0.25, 0.3) is 0 Å². The summed E-state index contributed by atoms with van der Waals surface area (Å²) >= 11 is 0. The van der Waals surface area contributed by atoms with E-state index in [1.807, 2.05) is 55.4 Å². The van der Waals surface area contributed by atoms with Gasteiger partial charge in [-0.2, -0.15) is 0 Å². The van der Waals surface area contributed by atoms with Crippen molar-refractivity contribution in [2.24, 2.45) is 4.99 Å². The number of carbonyl (C=O) groups is 1. The number of ether oxygens (including phenoxy) is 1. The summed E-state index contributed by atoms with van der Waals surface area (Å²) in [6, 6.07) is 10.1. The van der Waals surface area contributed by atoms with Crippen LogP contribution in [0, 0.1) is 0 Å². The number of nitrogens with zero attached hydrogens (tertiary/aromatic N) is 3. The summed E-state index contributed by atoms with van der Waals surface area (Å²) < 4.78 is 4.64. The normalized spacial score (nSPS) is 11.2. The molecule has 2 aromatic rings. The Balaban J connectivity index is 2.00. The Labute approximate surface area is 148 Å². The molecule has 0 saturated heterocycles. The van der Waals surface area contributed by atoms with E-state index in [1.54, 1.807) is 0 Å². The summed E-state index contributed by atoms with van der Waals surface area (Å²) in [7, 11) is 3.31. The van der Waals surface area contributed by atoms with Crippen LogP contribution in [0.3, 0.4) is 0 Å². The second kappa shape index (κ2) is 9.46. The maximum atomic E-state index is 11.2. The minimum atomic E-state index is -0.263. The first-order valence-electron chi connectivity index (χ1n) is 8.29. The zero-order valence-electron chi connectivity index (χ0n) is 15.0. The fraction of sp³-hybridized carbons (Fsp3) is 0.389. The van der Waals surface area contributed by atoms with Crippen molar-refractivity contribution in [2.75, 3.05) is 27.2 Å². The Morgan fingerprint density at radius 3 is 2.80 bits per heavy atom. The lowest BCUT2D eigenvalue weighted by atomic mass is 10.2. The number of carbonyl (C=O) groups excluding carboxylic acids is 1. The van der Waals surface area contributed by atoms with Crippen molar-refractivity contribution in [2.45, 2.75) is 19.9 Å². The van der Waals surface area contributed by atoms with Crippen LogP contribution in [0.1, 0.15) is 19.2 Å². The van der Waals surface area contributed by atoms with Crippen LogP contribution in [0.2, 0.25) is 0 Å². The number of aromatic amines is 1. The highest BCUT2D eigenvalue weighted by Crippen LogP contribution is 2.16. The van der Waals surface area contributed by atoms with Crippen LogP contribution in [0.4, 0.5) is 0 Å². The second-order valence-corrected chi connectivity index (χ2v) is 5.53. The molecule has 0 radical (unpaired) electrons. The number of nitrogens with one attached hydrogen (secondary N) is 2. The summed E-state index contributed by atoms with van der Waals surface area (Å²) in [6.45, 7) is 3.71. The maximum absolute atomic E-state index is 11.2. The van der Waals surface area contributed by atoms with Crippen LogP contribution in [0.5, 0.6) is 0 Å². The third-order valence-electron chi connectivity index (χ3n) is 3.60. The monoisotopic (exact) mass is 343 g/mol. The number of hydrogen-bond acceptors (Lipinski definition) is 4. The van der Waals surface area contributed by atoms with Crippen molar-refractivity contribution in [1.29, 1.82) is 0 Å². The third kappa shape index (κ3) is 5.63. The van der Waals surface area contributed by atoms with E-state index >= 15 is 0 Å². The fourth-order valence-corrected chi connectivity index (χ4v) is 2.33. The predicted molar refractivity (Wildman–Crippen MR) is 98.1 cm³/mol. The number of esters is 1. The Kier molecular flexibility index (Phi) is 7.00. The summed E-state index contributed by atoms with van der Waals surface area (Å²) in [5.74, 6) is 1.31. The Hall–Kier alpha value is -2.83. The smallest absolute Gasteiger partial charge is 0.307 e. The van der Waals surface area contributed by atoms with Gasteiger partial charge in [-0.05, 0) is 12.5 Å². The molecule has 134 valence electrons. The Bertz CT molecular complexity index is 697. The minimum Gasteiger partial charge on any atom is -0.469 e. The van der Waals surface area contributed by atoms with Gasteiger partial charge in [0.2, 0.25) is 0 Å². The first-order chi connectivity index (χ1) is 12.1. The number of guanidine groups is 1. The van der Waals surface area contributed by atoms with Gasteiger partial charge in [-0.15, -0.1) is 0 Å². The average molecular weight is 343 g/mol. The summed E-state index contributed by atoms with van der Waals surface area (Å²) in [5, 5.41) is 3.22. The number of hydrogen-bond donors (Lipinski definition) is 2. The summed E-state index contributed by atoms with van der Waals surface area (Å²) in [4.78, 5) is 25.4. The molecule has 0 amide bonds. The molecule has 0 fully saturated rings. The number of imidazole rings is 1. The van der Waals surface area contributed by atoms with Crippen LogP contribution < -0.4 is 5.32 Å². The molecular formula is C18H25N5O2. The van der Waals surface area contributed by atoms with Crippen molar-refractivity contribution >= 4 is 11.9 Å². The average Bonchev–Trinajstić information content (AvgIpc) is 3.10. The molecule has 7 heteroatoms. The Morgan fingerprint density at radius 1 is 1.36 bits per heavy atom. The quantitative estimate of drug-likeness (QED) is 0.457. The predicted octanol–water partition coefficient (Wildman–Crippen LogP) is 2.04. The molecule has 0 unspecified atom stereocenters. The van der Waals surface area contributed by atoms with Crippen LogP contribution in [-0.4, -0.2) is 54.0 Å². The van der Waals surface area contributed by atoms with Gasteiger partial charge in [0.15, 0.2) is 5.96 Å². The van der Waals surface area contributed by atoms with Crippen LogP contribution >= 0.6 is 0 Å². The van der Waals surface area contributed by atoms with Gasteiger partial charge < -0.3 is 19.9 Å². The molecule has 0 aliphatic carbocycles. The zero-order valence-corrected chi connectivity index (χ0v) is 15.0. The Morgan fingerprint density at radius 2 is 2.12 bits per heavy atom. The molecule has 2 N–H and O–H groups in total. The van der Waals surface area contributed by atoms with Crippen LogP contribution in [0.15, 0.2) is 41.5 Å². The zero-order chi connectivity index (χ0) is 18.1. The van der Waals surface area contributed by atoms with Gasteiger partial charge in [-0.25, -0.2) is 4.98 Å². The van der Waals surface area contributed by atoms with Gasteiger partial charge in [0, 0.05) is 13.6 Å². The fourth-order valence-electron chi connectivity index (χ4n) is 2.33. The van der Waals surface area contributed by atoms with E-state index in [0.717, 1.165) is 29.6 Å². The molecule has 1 aromatic carbocycles. The van der Waals surface area contributed by atoms with Gasteiger partial charge in [-0.1, -0.05) is 30.3 Å². The molecule has 0 spiro atoms. The van der Waals surface area contributed by atoms with E-state index in [2.05, 4.69) is 25.0 Å². The lowest BCUT2D eigenvalue weighted by Gasteiger charge is -2.21. The van der Waals surface area contributed by atoms with E-state index in [9.17, 15) is 4.79 Å². The van der Waals surface area contributed by atoms with E-state index in [0.29, 0.717) is 13.1 Å². The van der Waals surface area contributed by atoms with Gasteiger partial charge in [0.05, 0.1) is 38.5 Å². The molecule has 0 saturated carbocycles. The molecule has 1 heterocycles. The first kappa shape index (κ1) is 18.5. The maximum Gasteiger partial charge on any atom is 0.307 e.